The molecule has 0 aliphatic heterocycles. The third-order valence-electron chi connectivity index (χ3n) is 5.22. The van der Waals surface area contributed by atoms with E-state index in [2.05, 4.69) is 45.3 Å². The first kappa shape index (κ1) is 18.1. The van der Waals surface area contributed by atoms with Crippen LogP contribution in [0.1, 0.15) is 0 Å². The molecule has 7 heteroatoms. The van der Waals surface area contributed by atoms with E-state index in [9.17, 15) is 0 Å². The zero-order chi connectivity index (χ0) is 20.7. The number of methoxy groups -OCH3 is 3. The van der Waals surface area contributed by atoms with E-state index < -0.39 is 0 Å². The fourth-order valence-electron chi connectivity index (χ4n) is 3.70. The number of nitrogens with zero attached hydrogens (tertiary/aromatic N) is 3. The Morgan fingerprint density at radius 3 is 2.37 bits per heavy atom. The van der Waals surface area contributed by atoms with Crippen LogP contribution >= 0.6 is 0 Å². The van der Waals surface area contributed by atoms with E-state index in [4.69, 9.17) is 14.2 Å². The van der Waals surface area contributed by atoms with Crippen molar-refractivity contribution < 1.29 is 14.2 Å². The topological polar surface area (TPSA) is 74.2 Å². The second-order valence-corrected chi connectivity index (χ2v) is 6.84. The highest BCUT2D eigenvalue weighted by molar-refractivity contribution is 5.84. The van der Waals surface area contributed by atoms with E-state index >= 15 is 0 Å². The lowest BCUT2D eigenvalue weighted by Crippen LogP contribution is -1.96. The van der Waals surface area contributed by atoms with E-state index in [0.717, 1.165) is 33.2 Å². The lowest BCUT2D eigenvalue weighted by atomic mass is 10.1. The van der Waals surface area contributed by atoms with Crippen molar-refractivity contribution in [3.8, 4) is 34.1 Å². The number of H-pyrrole nitrogens is 1. The molecule has 0 radical (unpaired) electrons. The highest BCUT2D eigenvalue weighted by Crippen LogP contribution is 2.41. The van der Waals surface area contributed by atoms with Crippen LogP contribution < -0.4 is 14.2 Å². The normalized spacial score (nSPS) is 11.2. The van der Waals surface area contributed by atoms with Gasteiger partial charge in [0.1, 0.15) is 6.33 Å². The van der Waals surface area contributed by atoms with Gasteiger partial charge in [0, 0.05) is 34.5 Å². The number of hydrogen-bond acceptors (Lipinski definition) is 5. The minimum atomic E-state index is 0.558. The minimum absolute atomic E-state index is 0.558. The van der Waals surface area contributed by atoms with Crippen molar-refractivity contribution in [2.45, 2.75) is 0 Å². The summed E-state index contributed by atoms with van der Waals surface area (Å²) in [5, 5.41) is 1.14. The molecule has 3 aromatic heterocycles. The Morgan fingerprint density at radius 1 is 0.833 bits per heavy atom. The van der Waals surface area contributed by atoms with Crippen molar-refractivity contribution in [1.29, 1.82) is 0 Å². The smallest absolute Gasteiger partial charge is 0.203 e. The fraction of sp³-hybridized carbons (Fsp3) is 0.130. The van der Waals surface area contributed by atoms with Gasteiger partial charge in [0.15, 0.2) is 17.1 Å². The van der Waals surface area contributed by atoms with Gasteiger partial charge in [0.05, 0.1) is 26.8 Å². The maximum Gasteiger partial charge on any atom is 0.203 e. The predicted molar refractivity (Wildman–Crippen MR) is 116 cm³/mol. The van der Waals surface area contributed by atoms with Gasteiger partial charge in [-0.25, -0.2) is 9.97 Å². The summed E-state index contributed by atoms with van der Waals surface area (Å²) < 4.78 is 18.5. The number of benzene rings is 2. The zero-order valence-corrected chi connectivity index (χ0v) is 16.8. The van der Waals surface area contributed by atoms with Crippen LogP contribution in [0.15, 0.2) is 61.2 Å². The Labute approximate surface area is 172 Å². The SMILES string of the molecule is COc1cc(-c2cnc3ncn(-c4ccc5[nH]ccc5c4)c3c2)cc(OC)c1OC. The molecule has 5 aromatic rings. The number of ether oxygens (including phenoxy) is 3. The van der Waals surface area contributed by atoms with E-state index in [-0.39, 0.29) is 0 Å². The summed E-state index contributed by atoms with van der Waals surface area (Å²) in [6.07, 6.45) is 5.53. The quantitative estimate of drug-likeness (QED) is 0.467. The minimum Gasteiger partial charge on any atom is -0.493 e. The van der Waals surface area contributed by atoms with Crippen LogP contribution in [-0.2, 0) is 0 Å². The molecular weight excluding hydrogens is 380 g/mol. The monoisotopic (exact) mass is 400 g/mol. The van der Waals surface area contributed by atoms with Gasteiger partial charge < -0.3 is 19.2 Å². The van der Waals surface area contributed by atoms with Crippen LogP contribution in [0.25, 0.3) is 38.9 Å². The van der Waals surface area contributed by atoms with E-state index in [1.165, 1.54) is 0 Å². The van der Waals surface area contributed by atoms with Gasteiger partial charge in [-0.2, -0.15) is 0 Å². The van der Waals surface area contributed by atoms with Gasteiger partial charge in [-0.05, 0) is 48.0 Å². The van der Waals surface area contributed by atoms with E-state index in [1.807, 2.05) is 22.9 Å². The predicted octanol–water partition coefficient (Wildman–Crippen LogP) is 4.59. The highest BCUT2D eigenvalue weighted by atomic mass is 16.5. The third-order valence-corrected chi connectivity index (χ3v) is 5.22. The molecule has 0 spiro atoms. The van der Waals surface area contributed by atoms with Crippen LogP contribution in [0, 0.1) is 0 Å². The zero-order valence-electron chi connectivity index (χ0n) is 16.8. The number of pyridine rings is 1. The lowest BCUT2D eigenvalue weighted by Gasteiger charge is -2.14. The molecule has 0 saturated carbocycles. The first-order chi connectivity index (χ1) is 14.7. The molecule has 7 nitrogen and oxygen atoms in total. The molecule has 0 fully saturated rings. The molecule has 1 N–H and O–H groups in total. The van der Waals surface area contributed by atoms with Crippen molar-refractivity contribution >= 4 is 22.1 Å². The van der Waals surface area contributed by atoms with Crippen LogP contribution in [-0.4, -0.2) is 40.8 Å². The van der Waals surface area contributed by atoms with Crippen LogP contribution in [0.5, 0.6) is 17.2 Å². The van der Waals surface area contributed by atoms with Crippen molar-refractivity contribution in [3.63, 3.8) is 0 Å². The number of hydrogen-bond donors (Lipinski definition) is 1. The Hall–Kier alpha value is -4.00. The van der Waals surface area contributed by atoms with Gasteiger partial charge in [-0.15, -0.1) is 0 Å². The molecule has 0 bridgehead atoms. The number of fused-ring (bicyclic) bond motifs is 2. The maximum absolute atomic E-state index is 5.49. The van der Waals surface area contributed by atoms with Crippen molar-refractivity contribution in [2.24, 2.45) is 0 Å². The molecule has 2 aromatic carbocycles. The molecule has 150 valence electrons. The first-order valence-electron chi connectivity index (χ1n) is 9.43. The molecule has 0 unspecified atom stereocenters. The van der Waals surface area contributed by atoms with Crippen molar-refractivity contribution in [1.82, 2.24) is 19.5 Å². The number of imidazole rings is 1. The Balaban J connectivity index is 1.66. The standard InChI is InChI=1S/C23H20N4O3/c1-28-20-10-15(11-21(29-2)22(20)30-3)16-9-19-23(25-12-16)26-13-27(19)17-4-5-18-14(8-17)6-7-24-18/h4-13,24H,1-3H3. The lowest BCUT2D eigenvalue weighted by molar-refractivity contribution is 0.324. The third kappa shape index (κ3) is 2.83. The Kier molecular flexibility index (Phi) is 4.28. The van der Waals surface area contributed by atoms with Crippen LogP contribution in [0.3, 0.4) is 0 Å². The molecular formula is C23H20N4O3. The largest absolute Gasteiger partial charge is 0.493 e. The summed E-state index contributed by atoms with van der Waals surface area (Å²) in [4.78, 5) is 12.2. The molecule has 0 saturated heterocycles. The number of aromatic nitrogens is 4. The number of nitrogens with one attached hydrogen (secondary N) is 1. The van der Waals surface area contributed by atoms with E-state index in [0.29, 0.717) is 22.9 Å². The summed E-state index contributed by atoms with van der Waals surface area (Å²) in [7, 11) is 4.80. The Bertz CT molecular complexity index is 1340. The Morgan fingerprint density at radius 2 is 1.63 bits per heavy atom. The summed E-state index contributed by atoms with van der Waals surface area (Å²) in [6, 6.07) is 14.2. The summed E-state index contributed by atoms with van der Waals surface area (Å²) in [5.74, 6) is 1.75. The molecule has 0 aliphatic rings. The summed E-state index contributed by atoms with van der Waals surface area (Å²) in [6.45, 7) is 0. The van der Waals surface area contributed by atoms with Crippen LogP contribution in [0.4, 0.5) is 0 Å². The second kappa shape index (κ2) is 7.11. The highest BCUT2D eigenvalue weighted by Gasteiger charge is 2.15. The van der Waals surface area contributed by atoms with Crippen molar-refractivity contribution in [3.05, 3.63) is 61.2 Å². The number of aromatic amines is 1. The van der Waals surface area contributed by atoms with Gasteiger partial charge in [-0.1, -0.05) is 0 Å². The first-order valence-corrected chi connectivity index (χ1v) is 9.43. The molecule has 5 rings (SSSR count). The average molecular weight is 400 g/mol. The van der Waals surface area contributed by atoms with Gasteiger partial charge >= 0.3 is 0 Å². The van der Waals surface area contributed by atoms with Gasteiger partial charge in [0.2, 0.25) is 5.75 Å². The summed E-state index contributed by atoms with van der Waals surface area (Å²) in [5.41, 5.74) is 5.54. The maximum atomic E-state index is 5.49. The van der Waals surface area contributed by atoms with Crippen molar-refractivity contribution in [2.75, 3.05) is 21.3 Å². The van der Waals surface area contributed by atoms with Crippen LogP contribution in [0.2, 0.25) is 0 Å². The molecule has 0 amide bonds. The molecule has 3 heterocycles. The van der Waals surface area contributed by atoms with Gasteiger partial charge in [-0.3, -0.25) is 4.57 Å². The molecule has 30 heavy (non-hydrogen) atoms. The fourth-order valence-corrected chi connectivity index (χ4v) is 3.70. The second-order valence-electron chi connectivity index (χ2n) is 6.84. The van der Waals surface area contributed by atoms with Gasteiger partial charge in [0.25, 0.3) is 0 Å². The molecule has 0 atom stereocenters. The molecule has 0 aliphatic carbocycles. The number of rotatable bonds is 5. The average Bonchev–Trinajstić information content (AvgIpc) is 3.43. The van der Waals surface area contributed by atoms with E-state index in [1.54, 1.807) is 33.9 Å². The summed E-state index contributed by atoms with van der Waals surface area (Å²) >= 11 is 0.